The van der Waals surface area contributed by atoms with Crippen LogP contribution in [0.3, 0.4) is 0 Å². The summed E-state index contributed by atoms with van der Waals surface area (Å²) in [5, 5.41) is 4.24. The summed E-state index contributed by atoms with van der Waals surface area (Å²) < 4.78 is 13.0. The van der Waals surface area contributed by atoms with E-state index in [4.69, 9.17) is 0 Å². The first-order chi connectivity index (χ1) is 8.74. The average Bonchev–Trinajstić information content (AvgIpc) is 2.98. The summed E-state index contributed by atoms with van der Waals surface area (Å²) in [6.45, 7) is 2.10. The third-order valence-electron chi connectivity index (χ3n) is 2.77. The molecule has 3 rings (SSSR count). The molecule has 0 atom stereocenters. The minimum atomic E-state index is -0.192. The third kappa shape index (κ3) is 2.11. The molecular weight excluding hydrogens is 263 g/mol. The van der Waals surface area contributed by atoms with Gasteiger partial charge in [0.1, 0.15) is 5.82 Å². The maximum Gasteiger partial charge on any atom is 0.123 e. The molecule has 0 amide bonds. The number of hydrogen-bond donors (Lipinski definition) is 0. The minimum absolute atomic E-state index is 0.192. The molecule has 2 aromatic heterocycles. The lowest BCUT2D eigenvalue weighted by Crippen LogP contribution is -1.78. The smallest absolute Gasteiger partial charge is 0.123 e. The summed E-state index contributed by atoms with van der Waals surface area (Å²) in [6, 6.07) is 11.0. The molecule has 0 saturated heterocycles. The van der Waals surface area contributed by atoms with Crippen molar-refractivity contribution < 1.29 is 4.39 Å². The van der Waals surface area contributed by atoms with Crippen molar-refractivity contribution in [2.75, 3.05) is 0 Å². The van der Waals surface area contributed by atoms with Crippen molar-refractivity contribution in [1.29, 1.82) is 0 Å². The van der Waals surface area contributed by atoms with Crippen molar-refractivity contribution in [2.45, 2.75) is 6.92 Å². The molecule has 0 spiro atoms. The molecule has 0 aliphatic rings. The van der Waals surface area contributed by atoms with Gasteiger partial charge in [-0.15, -0.1) is 22.7 Å². The first-order valence-corrected chi connectivity index (χ1v) is 7.39. The highest BCUT2D eigenvalue weighted by molar-refractivity contribution is 7.20. The van der Waals surface area contributed by atoms with E-state index in [1.807, 2.05) is 12.1 Å². The quantitative estimate of drug-likeness (QED) is 0.571. The lowest BCUT2D eigenvalue weighted by Gasteiger charge is -2.02. The molecule has 90 valence electrons. The van der Waals surface area contributed by atoms with Crippen LogP contribution in [-0.2, 0) is 0 Å². The first kappa shape index (κ1) is 11.6. The molecule has 3 aromatic rings. The monoisotopic (exact) mass is 274 g/mol. The van der Waals surface area contributed by atoms with E-state index in [0.29, 0.717) is 0 Å². The summed E-state index contributed by atoms with van der Waals surface area (Å²) in [5.41, 5.74) is 3.54. The Labute approximate surface area is 113 Å². The molecule has 0 aliphatic carbocycles. The minimum Gasteiger partial charge on any atom is -0.207 e. The average molecular weight is 274 g/mol. The highest BCUT2D eigenvalue weighted by Gasteiger charge is 2.10. The standard InChI is InChI=1S/C15H11FS2/c1-10-8-14(18-9-10)15-13(6-7-17-15)11-2-4-12(16)5-3-11/h2-9H,1H3. The molecule has 0 fully saturated rings. The maximum atomic E-state index is 13.0. The highest BCUT2D eigenvalue weighted by atomic mass is 32.1. The Hall–Kier alpha value is -1.45. The highest BCUT2D eigenvalue weighted by Crippen LogP contribution is 2.39. The largest absolute Gasteiger partial charge is 0.207 e. The van der Waals surface area contributed by atoms with Gasteiger partial charge in [-0.3, -0.25) is 0 Å². The molecule has 2 heterocycles. The third-order valence-corrected chi connectivity index (χ3v) is 4.92. The van der Waals surface area contributed by atoms with E-state index in [1.54, 1.807) is 22.7 Å². The first-order valence-electron chi connectivity index (χ1n) is 5.63. The Balaban J connectivity index is 2.09. The van der Waals surface area contributed by atoms with E-state index in [0.717, 1.165) is 5.56 Å². The van der Waals surface area contributed by atoms with Crippen LogP contribution in [0.5, 0.6) is 0 Å². The number of benzene rings is 1. The maximum absolute atomic E-state index is 13.0. The molecule has 0 N–H and O–H groups in total. The Kier molecular flexibility index (Phi) is 3.02. The van der Waals surface area contributed by atoms with Gasteiger partial charge in [-0.2, -0.15) is 0 Å². The molecule has 0 bridgehead atoms. The Morgan fingerprint density at radius 2 is 1.78 bits per heavy atom. The molecule has 0 unspecified atom stereocenters. The Morgan fingerprint density at radius 3 is 2.44 bits per heavy atom. The van der Waals surface area contributed by atoms with Gasteiger partial charge in [0.05, 0.1) is 4.88 Å². The zero-order valence-electron chi connectivity index (χ0n) is 9.81. The van der Waals surface area contributed by atoms with Crippen LogP contribution < -0.4 is 0 Å². The van der Waals surface area contributed by atoms with Gasteiger partial charge in [0.2, 0.25) is 0 Å². The second-order valence-corrected chi connectivity index (χ2v) is 5.99. The van der Waals surface area contributed by atoms with E-state index < -0.39 is 0 Å². The summed E-state index contributed by atoms with van der Waals surface area (Å²) in [4.78, 5) is 2.54. The fourth-order valence-corrected chi connectivity index (χ4v) is 3.88. The fraction of sp³-hybridized carbons (Fsp3) is 0.0667. The topological polar surface area (TPSA) is 0 Å². The van der Waals surface area contributed by atoms with Crippen LogP contribution in [0.4, 0.5) is 4.39 Å². The SMILES string of the molecule is Cc1csc(-c2sccc2-c2ccc(F)cc2)c1. The molecule has 0 nitrogen and oxygen atoms in total. The zero-order valence-corrected chi connectivity index (χ0v) is 11.4. The van der Waals surface area contributed by atoms with Crippen molar-refractivity contribution in [2.24, 2.45) is 0 Å². The van der Waals surface area contributed by atoms with Crippen LogP contribution >= 0.6 is 22.7 Å². The van der Waals surface area contributed by atoms with Crippen LogP contribution in [0.1, 0.15) is 5.56 Å². The number of halogens is 1. The molecule has 3 heteroatoms. The Morgan fingerprint density at radius 1 is 1.00 bits per heavy atom. The van der Waals surface area contributed by atoms with Crippen molar-refractivity contribution >= 4 is 22.7 Å². The van der Waals surface area contributed by atoms with E-state index in [2.05, 4.69) is 29.8 Å². The second-order valence-electron chi connectivity index (χ2n) is 4.16. The molecule has 0 radical (unpaired) electrons. The van der Waals surface area contributed by atoms with Crippen LogP contribution in [0.2, 0.25) is 0 Å². The van der Waals surface area contributed by atoms with Crippen molar-refractivity contribution in [3.8, 4) is 20.9 Å². The molecule has 1 aromatic carbocycles. The van der Waals surface area contributed by atoms with Gasteiger partial charge in [-0.05, 0) is 53.1 Å². The molecule has 18 heavy (non-hydrogen) atoms. The lowest BCUT2D eigenvalue weighted by molar-refractivity contribution is 0.628. The number of aryl methyl sites for hydroxylation is 1. The normalized spacial score (nSPS) is 10.8. The van der Waals surface area contributed by atoms with Gasteiger partial charge >= 0.3 is 0 Å². The summed E-state index contributed by atoms with van der Waals surface area (Å²) in [7, 11) is 0. The van der Waals surface area contributed by atoms with Gasteiger partial charge in [-0.1, -0.05) is 12.1 Å². The van der Waals surface area contributed by atoms with Gasteiger partial charge in [-0.25, -0.2) is 4.39 Å². The van der Waals surface area contributed by atoms with E-state index in [-0.39, 0.29) is 5.82 Å². The summed E-state index contributed by atoms with van der Waals surface area (Å²) in [6.07, 6.45) is 0. The summed E-state index contributed by atoms with van der Waals surface area (Å²) in [5.74, 6) is -0.192. The Bertz CT molecular complexity index is 662. The number of thiophene rings is 2. The van der Waals surface area contributed by atoms with Crippen molar-refractivity contribution in [3.63, 3.8) is 0 Å². The lowest BCUT2D eigenvalue weighted by atomic mass is 10.1. The molecule has 0 saturated carbocycles. The van der Waals surface area contributed by atoms with Gasteiger partial charge in [0, 0.05) is 10.4 Å². The van der Waals surface area contributed by atoms with Crippen LogP contribution in [0.15, 0.2) is 47.2 Å². The van der Waals surface area contributed by atoms with Crippen molar-refractivity contribution in [1.82, 2.24) is 0 Å². The molecular formula is C15H11FS2. The van der Waals surface area contributed by atoms with Crippen LogP contribution in [0, 0.1) is 12.7 Å². The van der Waals surface area contributed by atoms with E-state index in [1.165, 1.54) is 33.0 Å². The predicted octanol–water partition coefficient (Wildman–Crippen LogP) is 5.59. The second kappa shape index (κ2) is 4.67. The van der Waals surface area contributed by atoms with Crippen LogP contribution in [-0.4, -0.2) is 0 Å². The van der Waals surface area contributed by atoms with E-state index >= 15 is 0 Å². The van der Waals surface area contributed by atoms with Crippen LogP contribution in [0.25, 0.3) is 20.9 Å². The zero-order chi connectivity index (χ0) is 12.5. The number of hydrogen-bond acceptors (Lipinski definition) is 2. The van der Waals surface area contributed by atoms with Crippen molar-refractivity contribution in [3.05, 3.63) is 58.5 Å². The predicted molar refractivity (Wildman–Crippen MR) is 77.8 cm³/mol. The fourth-order valence-electron chi connectivity index (χ4n) is 1.91. The van der Waals surface area contributed by atoms with Gasteiger partial charge < -0.3 is 0 Å². The summed E-state index contributed by atoms with van der Waals surface area (Å²) >= 11 is 3.49. The van der Waals surface area contributed by atoms with Gasteiger partial charge in [0.25, 0.3) is 0 Å². The number of rotatable bonds is 2. The van der Waals surface area contributed by atoms with E-state index in [9.17, 15) is 4.39 Å². The van der Waals surface area contributed by atoms with Gasteiger partial charge in [0.15, 0.2) is 0 Å². The molecule has 0 aliphatic heterocycles.